The van der Waals surface area contributed by atoms with Crippen LogP contribution in [0.2, 0.25) is 4.34 Å². The highest BCUT2D eigenvalue weighted by Crippen LogP contribution is 2.28. The lowest BCUT2D eigenvalue weighted by Gasteiger charge is -2.25. The molecular weight excluding hydrogens is 228 g/mol. The first-order valence-corrected chi connectivity index (χ1v) is 6.39. The molecule has 0 spiro atoms. The SMILES string of the molecule is N#Cc1cc(Cl)sc1CN1CCCCC1. The Bertz CT molecular complexity index is 374. The quantitative estimate of drug-likeness (QED) is 0.794. The van der Waals surface area contributed by atoms with Crippen LogP contribution >= 0.6 is 22.9 Å². The first kappa shape index (κ1) is 10.9. The number of halogens is 1. The van der Waals surface area contributed by atoms with E-state index in [0.29, 0.717) is 0 Å². The van der Waals surface area contributed by atoms with Gasteiger partial charge in [-0.3, -0.25) is 4.90 Å². The van der Waals surface area contributed by atoms with Gasteiger partial charge in [-0.15, -0.1) is 11.3 Å². The fourth-order valence-corrected chi connectivity index (χ4v) is 3.19. The van der Waals surface area contributed by atoms with Gasteiger partial charge in [-0.2, -0.15) is 5.26 Å². The summed E-state index contributed by atoms with van der Waals surface area (Å²) >= 11 is 7.44. The summed E-state index contributed by atoms with van der Waals surface area (Å²) in [6.07, 6.45) is 3.90. The average molecular weight is 241 g/mol. The molecule has 2 heterocycles. The Morgan fingerprint density at radius 3 is 2.80 bits per heavy atom. The van der Waals surface area contributed by atoms with E-state index in [9.17, 15) is 0 Å². The molecule has 1 fully saturated rings. The van der Waals surface area contributed by atoms with E-state index in [-0.39, 0.29) is 0 Å². The fourth-order valence-electron chi connectivity index (χ4n) is 1.93. The van der Waals surface area contributed by atoms with Gasteiger partial charge in [-0.05, 0) is 32.0 Å². The second-order valence-electron chi connectivity index (χ2n) is 3.84. The summed E-state index contributed by atoms with van der Waals surface area (Å²) < 4.78 is 0.721. The van der Waals surface area contributed by atoms with Crippen molar-refractivity contribution in [3.63, 3.8) is 0 Å². The molecule has 0 bridgehead atoms. The summed E-state index contributed by atoms with van der Waals surface area (Å²) in [6, 6.07) is 3.97. The Morgan fingerprint density at radius 2 is 2.13 bits per heavy atom. The zero-order valence-electron chi connectivity index (χ0n) is 8.50. The smallest absolute Gasteiger partial charge is 0.100 e. The number of nitrogens with zero attached hydrogens (tertiary/aromatic N) is 2. The van der Waals surface area contributed by atoms with E-state index in [1.807, 2.05) is 0 Å². The molecule has 0 N–H and O–H groups in total. The van der Waals surface area contributed by atoms with Crippen molar-refractivity contribution in [3.8, 4) is 6.07 Å². The van der Waals surface area contributed by atoms with Crippen molar-refractivity contribution >= 4 is 22.9 Å². The maximum atomic E-state index is 8.94. The molecule has 80 valence electrons. The molecule has 0 saturated carbocycles. The fraction of sp³-hybridized carbons (Fsp3) is 0.545. The molecule has 0 radical (unpaired) electrons. The molecule has 4 heteroatoms. The molecule has 2 rings (SSSR count). The summed E-state index contributed by atoms with van der Waals surface area (Å²) in [6.45, 7) is 3.20. The number of piperidine rings is 1. The molecular formula is C11H13ClN2S. The maximum Gasteiger partial charge on any atom is 0.100 e. The van der Waals surface area contributed by atoms with Crippen LogP contribution < -0.4 is 0 Å². The molecule has 1 aliphatic heterocycles. The molecule has 15 heavy (non-hydrogen) atoms. The van der Waals surface area contributed by atoms with Crippen LogP contribution in [0.1, 0.15) is 29.7 Å². The van der Waals surface area contributed by atoms with Crippen molar-refractivity contribution in [1.82, 2.24) is 4.90 Å². The Balaban J connectivity index is 2.06. The van der Waals surface area contributed by atoms with Gasteiger partial charge in [0.1, 0.15) is 6.07 Å². The number of hydrogen-bond donors (Lipinski definition) is 0. The summed E-state index contributed by atoms with van der Waals surface area (Å²) in [7, 11) is 0. The zero-order chi connectivity index (χ0) is 10.7. The molecule has 1 aliphatic rings. The first-order valence-electron chi connectivity index (χ1n) is 5.20. The number of hydrogen-bond acceptors (Lipinski definition) is 3. The van der Waals surface area contributed by atoms with Crippen LogP contribution in [0.3, 0.4) is 0 Å². The van der Waals surface area contributed by atoms with Gasteiger partial charge in [0.05, 0.1) is 9.90 Å². The molecule has 2 nitrogen and oxygen atoms in total. The normalized spacial score (nSPS) is 17.6. The molecule has 0 atom stereocenters. The number of thiophene rings is 1. The number of likely N-dealkylation sites (tertiary alicyclic amines) is 1. The standard InChI is InChI=1S/C11H13ClN2S/c12-11-6-9(7-13)10(15-11)8-14-4-2-1-3-5-14/h6H,1-5,8H2. The van der Waals surface area contributed by atoms with Gasteiger partial charge < -0.3 is 0 Å². The third-order valence-corrected chi connectivity index (χ3v) is 3.96. The van der Waals surface area contributed by atoms with Gasteiger partial charge in [0.25, 0.3) is 0 Å². The van der Waals surface area contributed by atoms with Crippen molar-refractivity contribution in [1.29, 1.82) is 5.26 Å². The summed E-state index contributed by atoms with van der Waals surface area (Å²) in [4.78, 5) is 3.52. The molecule has 0 aromatic carbocycles. The van der Waals surface area contributed by atoms with Gasteiger partial charge in [0, 0.05) is 11.4 Å². The van der Waals surface area contributed by atoms with Gasteiger partial charge in [-0.1, -0.05) is 18.0 Å². The summed E-state index contributed by atoms with van der Waals surface area (Å²) in [5.41, 5.74) is 0.746. The van der Waals surface area contributed by atoms with Crippen molar-refractivity contribution in [3.05, 3.63) is 20.8 Å². The molecule has 1 aromatic rings. The van der Waals surface area contributed by atoms with Crippen LogP contribution in [-0.2, 0) is 6.54 Å². The Hall–Kier alpha value is -0.560. The second kappa shape index (κ2) is 4.98. The lowest BCUT2D eigenvalue weighted by Crippen LogP contribution is -2.28. The molecule has 0 aliphatic carbocycles. The second-order valence-corrected chi connectivity index (χ2v) is 5.60. The number of rotatable bonds is 2. The van der Waals surface area contributed by atoms with E-state index in [0.717, 1.165) is 34.4 Å². The van der Waals surface area contributed by atoms with E-state index < -0.39 is 0 Å². The number of nitriles is 1. The maximum absolute atomic E-state index is 8.94. The topological polar surface area (TPSA) is 27.0 Å². The van der Waals surface area contributed by atoms with Gasteiger partial charge >= 0.3 is 0 Å². The minimum Gasteiger partial charge on any atom is -0.298 e. The van der Waals surface area contributed by atoms with E-state index in [4.69, 9.17) is 16.9 Å². The first-order chi connectivity index (χ1) is 7.29. The Kier molecular flexibility index (Phi) is 3.63. The van der Waals surface area contributed by atoms with Crippen LogP contribution in [0.4, 0.5) is 0 Å². The van der Waals surface area contributed by atoms with E-state index in [1.54, 1.807) is 6.07 Å². The highest BCUT2D eigenvalue weighted by molar-refractivity contribution is 7.16. The minimum atomic E-state index is 0.721. The van der Waals surface area contributed by atoms with Crippen LogP contribution in [0.5, 0.6) is 0 Å². The van der Waals surface area contributed by atoms with Crippen molar-refractivity contribution in [2.45, 2.75) is 25.8 Å². The van der Waals surface area contributed by atoms with Crippen LogP contribution in [0.25, 0.3) is 0 Å². The predicted molar refractivity (Wildman–Crippen MR) is 63.2 cm³/mol. The summed E-state index contributed by atoms with van der Waals surface area (Å²) in [5.74, 6) is 0. The van der Waals surface area contributed by atoms with Gasteiger partial charge in [0.2, 0.25) is 0 Å². The monoisotopic (exact) mass is 240 g/mol. The lowest BCUT2D eigenvalue weighted by atomic mass is 10.1. The van der Waals surface area contributed by atoms with Crippen molar-refractivity contribution < 1.29 is 0 Å². The highest BCUT2D eigenvalue weighted by atomic mass is 35.5. The molecule has 0 unspecified atom stereocenters. The highest BCUT2D eigenvalue weighted by Gasteiger charge is 2.14. The largest absolute Gasteiger partial charge is 0.298 e. The Labute approximate surface area is 99.1 Å². The summed E-state index contributed by atoms with van der Waals surface area (Å²) in [5, 5.41) is 8.94. The van der Waals surface area contributed by atoms with E-state index in [2.05, 4.69) is 11.0 Å². The molecule has 1 aromatic heterocycles. The van der Waals surface area contributed by atoms with Gasteiger partial charge in [0.15, 0.2) is 0 Å². The predicted octanol–water partition coefficient (Wildman–Crippen LogP) is 3.26. The van der Waals surface area contributed by atoms with Crippen LogP contribution in [0.15, 0.2) is 6.07 Å². The van der Waals surface area contributed by atoms with Crippen LogP contribution in [0, 0.1) is 11.3 Å². The van der Waals surface area contributed by atoms with Crippen LogP contribution in [-0.4, -0.2) is 18.0 Å². The third kappa shape index (κ3) is 2.72. The van der Waals surface area contributed by atoms with Crippen molar-refractivity contribution in [2.24, 2.45) is 0 Å². The van der Waals surface area contributed by atoms with Gasteiger partial charge in [-0.25, -0.2) is 0 Å². The molecule has 0 amide bonds. The lowest BCUT2D eigenvalue weighted by molar-refractivity contribution is 0.222. The minimum absolute atomic E-state index is 0.721. The van der Waals surface area contributed by atoms with E-state index >= 15 is 0 Å². The Morgan fingerprint density at radius 1 is 1.40 bits per heavy atom. The van der Waals surface area contributed by atoms with E-state index in [1.165, 1.54) is 30.6 Å². The molecule has 1 saturated heterocycles. The average Bonchev–Trinajstić information content (AvgIpc) is 2.60. The third-order valence-electron chi connectivity index (χ3n) is 2.72. The van der Waals surface area contributed by atoms with Crippen molar-refractivity contribution in [2.75, 3.05) is 13.1 Å². The zero-order valence-corrected chi connectivity index (χ0v) is 10.1.